The predicted molar refractivity (Wildman–Crippen MR) is 52.1 cm³/mol. The van der Waals surface area contributed by atoms with Gasteiger partial charge in [0.25, 0.3) is 0 Å². The van der Waals surface area contributed by atoms with Crippen LogP contribution in [-0.2, 0) is 9.59 Å². The molecule has 0 heterocycles. The summed E-state index contributed by atoms with van der Waals surface area (Å²) in [5.74, 6) is -2.44. The number of aliphatic carboxylic acids is 1. The van der Waals surface area contributed by atoms with Crippen LogP contribution >= 0.6 is 0 Å². The molecule has 0 saturated heterocycles. The van der Waals surface area contributed by atoms with Crippen molar-refractivity contribution in [3.05, 3.63) is 0 Å². The fourth-order valence-corrected chi connectivity index (χ4v) is 1.92. The highest BCUT2D eigenvalue weighted by Gasteiger charge is 2.34. The van der Waals surface area contributed by atoms with Crippen LogP contribution in [-0.4, -0.2) is 29.7 Å². The van der Waals surface area contributed by atoms with Gasteiger partial charge in [0.05, 0.1) is 12.3 Å². The minimum atomic E-state index is -4.29. The van der Waals surface area contributed by atoms with E-state index in [4.69, 9.17) is 5.11 Å². The van der Waals surface area contributed by atoms with E-state index in [9.17, 15) is 22.8 Å². The van der Waals surface area contributed by atoms with Gasteiger partial charge in [-0.3, -0.25) is 9.59 Å². The standard InChI is InChI=1S/C10H14F3NO3/c11-10(12,13)3-4-14-8(15)6-1-2-7(5-6)9(16)17/h6-7H,1-5H2,(H,14,15)(H,16,17). The summed E-state index contributed by atoms with van der Waals surface area (Å²) >= 11 is 0. The summed E-state index contributed by atoms with van der Waals surface area (Å²) in [4.78, 5) is 22.1. The lowest BCUT2D eigenvalue weighted by atomic mass is 10.0. The van der Waals surface area contributed by atoms with Gasteiger partial charge in [-0.05, 0) is 19.3 Å². The highest BCUT2D eigenvalue weighted by Crippen LogP contribution is 2.31. The first kappa shape index (κ1) is 13.8. The molecule has 2 atom stereocenters. The summed E-state index contributed by atoms with van der Waals surface area (Å²) in [5, 5.41) is 10.9. The lowest BCUT2D eigenvalue weighted by Gasteiger charge is -2.11. The molecule has 1 aliphatic carbocycles. The smallest absolute Gasteiger partial charge is 0.390 e. The molecule has 1 aliphatic rings. The van der Waals surface area contributed by atoms with Gasteiger partial charge in [-0.1, -0.05) is 0 Å². The van der Waals surface area contributed by atoms with Crippen molar-refractivity contribution in [3.63, 3.8) is 0 Å². The predicted octanol–water partition coefficient (Wildman–Crippen LogP) is 1.56. The lowest BCUT2D eigenvalue weighted by Crippen LogP contribution is -2.32. The van der Waals surface area contributed by atoms with E-state index in [-0.39, 0.29) is 6.42 Å². The monoisotopic (exact) mass is 253 g/mol. The van der Waals surface area contributed by atoms with E-state index in [0.717, 1.165) is 0 Å². The molecule has 0 aromatic carbocycles. The SMILES string of the molecule is O=C(O)C1CCC(C(=O)NCCC(F)(F)F)C1. The molecule has 98 valence electrons. The number of rotatable bonds is 4. The van der Waals surface area contributed by atoms with Crippen LogP contribution in [0, 0.1) is 11.8 Å². The number of carboxylic acids is 1. The number of amides is 1. The average Bonchev–Trinajstić information content (AvgIpc) is 2.63. The summed E-state index contributed by atoms with van der Waals surface area (Å²) < 4.78 is 35.5. The highest BCUT2D eigenvalue weighted by molar-refractivity contribution is 5.80. The molecule has 1 saturated carbocycles. The molecule has 1 rings (SSSR count). The molecule has 0 bridgehead atoms. The summed E-state index contributed by atoms with van der Waals surface area (Å²) in [6.07, 6.45) is -4.30. The Labute approximate surface area is 96.2 Å². The maximum atomic E-state index is 11.8. The van der Waals surface area contributed by atoms with Crippen LogP contribution < -0.4 is 5.32 Å². The first-order valence-electron chi connectivity index (χ1n) is 5.37. The number of carbonyl (C=O) groups excluding carboxylic acids is 1. The second kappa shape index (κ2) is 5.37. The van der Waals surface area contributed by atoms with E-state index in [0.29, 0.717) is 12.8 Å². The molecule has 0 aromatic rings. The molecule has 0 radical (unpaired) electrons. The van der Waals surface area contributed by atoms with E-state index >= 15 is 0 Å². The lowest BCUT2D eigenvalue weighted by molar-refractivity contribution is -0.141. The maximum absolute atomic E-state index is 11.8. The largest absolute Gasteiger partial charge is 0.481 e. The molecule has 0 aromatic heterocycles. The Kier molecular flexibility index (Phi) is 4.36. The van der Waals surface area contributed by atoms with Crippen molar-refractivity contribution in [3.8, 4) is 0 Å². The summed E-state index contributed by atoms with van der Waals surface area (Å²) in [6.45, 7) is -0.448. The normalized spacial score (nSPS) is 24.6. The van der Waals surface area contributed by atoms with Crippen LogP contribution in [0.4, 0.5) is 13.2 Å². The number of hydrogen-bond donors (Lipinski definition) is 2. The van der Waals surface area contributed by atoms with Gasteiger partial charge in [0.1, 0.15) is 0 Å². The topological polar surface area (TPSA) is 66.4 Å². The Bertz CT molecular complexity index is 304. The van der Waals surface area contributed by atoms with Crippen molar-refractivity contribution >= 4 is 11.9 Å². The van der Waals surface area contributed by atoms with Crippen LogP contribution in [0.15, 0.2) is 0 Å². The Balaban J connectivity index is 2.28. The molecule has 7 heteroatoms. The van der Waals surface area contributed by atoms with Gasteiger partial charge in [0.15, 0.2) is 0 Å². The molecular formula is C10H14F3NO3. The molecule has 1 fully saturated rings. The highest BCUT2D eigenvalue weighted by atomic mass is 19.4. The first-order valence-corrected chi connectivity index (χ1v) is 5.37. The molecule has 1 amide bonds. The first-order chi connectivity index (χ1) is 7.79. The van der Waals surface area contributed by atoms with Crippen LogP contribution in [0.1, 0.15) is 25.7 Å². The zero-order chi connectivity index (χ0) is 13.1. The summed E-state index contributed by atoms with van der Waals surface area (Å²) in [6, 6.07) is 0. The number of alkyl halides is 3. The maximum Gasteiger partial charge on any atom is 0.390 e. The van der Waals surface area contributed by atoms with Crippen LogP contribution in [0.2, 0.25) is 0 Å². The van der Waals surface area contributed by atoms with Crippen molar-refractivity contribution in [1.29, 1.82) is 0 Å². The minimum Gasteiger partial charge on any atom is -0.481 e. The molecule has 2 unspecified atom stereocenters. The molecular weight excluding hydrogens is 239 g/mol. The van der Waals surface area contributed by atoms with Crippen molar-refractivity contribution in [2.75, 3.05) is 6.54 Å². The van der Waals surface area contributed by atoms with Gasteiger partial charge < -0.3 is 10.4 Å². The van der Waals surface area contributed by atoms with Crippen molar-refractivity contribution in [1.82, 2.24) is 5.32 Å². The third-order valence-corrected chi connectivity index (χ3v) is 2.86. The number of carboxylic acid groups (broad SMARTS) is 1. The van der Waals surface area contributed by atoms with Crippen LogP contribution in [0.25, 0.3) is 0 Å². The fraction of sp³-hybridized carbons (Fsp3) is 0.800. The Morgan fingerprint density at radius 1 is 1.24 bits per heavy atom. The summed E-state index contributed by atoms with van der Waals surface area (Å²) in [5.41, 5.74) is 0. The molecule has 17 heavy (non-hydrogen) atoms. The van der Waals surface area contributed by atoms with E-state index < -0.39 is 42.9 Å². The fourth-order valence-electron chi connectivity index (χ4n) is 1.92. The Hall–Kier alpha value is -1.27. The molecule has 2 N–H and O–H groups in total. The van der Waals surface area contributed by atoms with Crippen LogP contribution in [0.5, 0.6) is 0 Å². The molecule has 0 spiro atoms. The molecule has 0 aliphatic heterocycles. The minimum absolute atomic E-state index is 0.215. The number of nitrogens with one attached hydrogen (secondary N) is 1. The molecule has 4 nitrogen and oxygen atoms in total. The van der Waals surface area contributed by atoms with E-state index in [2.05, 4.69) is 5.32 Å². The van der Waals surface area contributed by atoms with Crippen LogP contribution in [0.3, 0.4) is 0 Å². The van der Waals surface area contributed by atoms with E-state index in [1.165, 1.54) is 0 Å². The number of halogens is 3. The summed E-state index contributed by atoms with van der Waals surface area (Å²) in [7, 11) is 0. The van der Waals surface area contributed by atoms with E-state index in [1.54, 1.807) is 0 Å². The quantitative estimate of drug-likeness (QED) is 0.799. The van der Waals surface area contributed by atoms with Gasteiger partial charge in [-0.15, -0.1) is 0 Å². The third-order valence-electron chi connectivity index (χ3n) is 2.86. The van der Waals surface area contributed by atoms with Gasteiger partial charge >= 0.3 is 12.1 Å². The van der Waals surface area contributed by atoms with Crippen molar-refractivity contribution in [2.45, 2.75) is 31.9 Å². The second-order valence-electron chi connectivity index (χ2n) is 4.20. The van der Waals surface area contributed by atoms with Gasteiger partial charge in [0, 0.05) is 12.5 Å². The van der Waals surface area contributed by atoms with Gasteiger partial charge in [-0.2, -0.15) is 13.2 Å². The van der Waals surface area contributed by atoms with E-state index in [1.807, 2.05) is 0 Å². The Morgan fingerprint density at radius 3 is 2.29 bits per heavy atom. The number of hydrogen-bond acceptors (Lipinski definition) is 2. The van der Waals surface area contributed by atoms with Gasteiger partial charge in [0.2, 0.25) is 5.91 Å². The third kappa shape index (κ3) is 4.62. The average molecular weight is 253 g/mol. The second-order valence-corrected chi connectivity index (χ2v) is 4.20. The van der Waals surface area contributed by atoms with Gasteiger partial charge in [-0.25, -0.2) is 0 Å². The Morgan fingerprint density at radius 2 is 1.82 bits per heavy atom. The van der Waals surface area contributed by atoms with Crippen molar-refractivity contribution < 1.29 is 27.9 Å². The van der Waals surface area contributed by atoms with Crippen molar-refractivity contribution in [2.24, 2.45) is 11.8 Å². The zero-order valence-corrected chi connectivity index (χ0v) is 9.09. The zero-order valence-electron chi connectivity index (χ0n) is 9.09. The number of carbonyl (C=O) groups is 2.